The number of aromatic nitrogens is 4. The molecule has 6 aromatic rings. The van der Waals surface area contributed by atoms with E-state index in [2.05, 4.69) is 56.7 Å². The molecule has 0 bridgehead atoms. The topological polar surface area (TPSA) is 159 Å². The van der Waals surface area contributed by atoms with Crippen molar-refractivity contribution in [1.29, 1.82) is 0 Å². The number of anilines is 4. The Morgan fingerprint density at radius 1 is 0.672 bits per heavy atom. The van der Waals surface area contributed by atoms with Gasteiger partial charge >= 0.3 is 6.36 Å². The molecule has 2 aliphatic heterocycles. The summed E-state index contributed by atoms with van der Waals surface area (Å²) in [4.78, 5) is 48.0. The molecule has 0 saturated carbocycles. The molecule has 18 heteroatoms. The molecule has 2 saturated heterocycles. The van der Waals surface area contributed by atoms with Crippen molar-refractivity contribution >= 4 is 72.8 Å². The molecule has 14 nitrogen and oxygen atoms in total. The summed E-state index contributed by atoms with van der Waals surface area (Å²) < 4.78 is 47.1. The van der Waals surface area contributed by atoms with Crippen molar-refractivity contribution in [2.75, 3.05) is 79.4 Å². The standard InChI is InChI=1S/C24H26F3N5O2.C22H24BrN5O2/c1-16-20-15-18(6-9-21(20)31-23(29-16)32-13-2-11-28-12-14-32)30-22(33)10-5-17-3-7-19(8-4-17)34-24(25,26)27;1-15-19-13-17(26-21(29)14-30-18-6-3-16(23)4-7-18)5-8-20(19)27-22(25-15)28-11-2-9-24-10-12-28/h3-4,6-9,15,28H,2,5,10-14H2,1H3,(H,30,33);3-8,13,24H,2,9-12,14H2,1H3,(H,26,29). The summed E-state index contributed by atoms with van der Waals surface area (Å²) >= 11 is 3.38. The number of nitrogens with zero attached hydrogens (tertiary/aromatic N) is 6. The molecule has 0 radical (unpaired) electrons. The minimum absolute atomic E-state index is 0.0584. The van der Waals surface area contributed by atoms with Crippen LogP contribution in [0, 0.1) is 13.8 Å². The van der Waals surface area contributed by atoms with Crippen molar-refractivity contribution < 1.29 is 32.2 Å². The van der Waals surface area contributed by atoms with Crippen molar-refractivity contribution in [2.45, 2.75) is 45.9 Å². The normalized spacial score (nSPS) is 14.5. The van der Waals surface area contributed by atoms with Crippen LogP contribution in [0.5, 0.6) is 11.5 Å². The Morgan fingerprint density at radius 3 is 1.72 bits per heavy atom. The number of carbonyl (C=O) groups is 2. The molecule has 8 rings (SSSR count). The number of rotatable bonds is 11. The molecule has 0 unspecified atom stereocenters. The van der Waals surface area contributed by atoms with Gasteiger partial charge in [0.05, 0.1) is 22.4 Å². The maximum Gasteiger partial charge on any atom is 0.573 e. The zero-order valence-corrected chi connectivity index (χ0v) is 37.2. The first-order chi connectivity index (χ1) is 30.8. The van der Waals surface area contributed by atoms with Gasteiger partial charge in [0, 0.05) is 72.3 Å². The lowest BCUT2D eigenvalue weighted by Crippen LogP contribution is -2.29. The number of ether oxygens (including phenoxy) is 2. The Morgan fingerprint density at radius 2 is 1.19 bits per heavy atom. The lowest BCUT2D eigenvalue weighted by Gasteiger charge is -2.20. The highest BCUT2D eigenvalue weighted by Crippen LogP contribution is 2.26. The van der Waals surface area contributed by atoms with Crippen LogP contribution in [0.3, 0.4) is 0 Å². The lowest BCUT2D eigenvalue weighted by atomic mass is 10.1. The molecule has 2 amide bonds. The number of alkyl halides is 3. The maximum atomic E-state index is 12.4. The number of halogens is 4. The van der Waals surface area contributed by atoms with Crippen molar-refractivity contribution in [2.24, 2.45) is 0 Å². The van der Waals surface area contributed by atoms with Gasteiger partial charge in [-0.15, -0.1) is 13.2 Å². The molecule has 0 spiro atoms. The minimum atomic E-state index is -4.73. The second-order valence-corrected chi connectivity index (χ2v) is 16.3. The van der Waals surface area contributed by atoms with Crippen LogP contribution in [0.25, 0.3) is 21.8 Å². The van der Waals surface area contributed by atoms with Crippen LogP contribution in [0.15, 0.2) is 89.4 Å². The van der Waals surface area contributed by atoms with E-state index < -0.39 is 6.36 Å². The number of hydrogen-bond acceptors (Lipinski definition) is 12. The average molecular weight is 944 g/mol. The number of carbonyl (C=O) groups excluding carboxylic acids is 2. The van der Waals surface area contributed by atoms with E-state index in [-0.39, 0.29) is 30.6 Å². The molecule has 4 heterocycles. The molecule has 2 aliphatic rings. The highest BCUT2D eigenvalue weighted by molar-refractivity contribution is 9.10. The van der Waals surface area contributed by atoms with Gasteiger partial charge in [0.1, 0.15) is 11.5 Å². The van der Waals surface area contributed by atoms with Gasteiger partial charge in [0.15, 0.2) is 6.61 Å². The fourth-order valence-corrected chi connectivity index (χ4v) is 7.54. The molecule has 2 fully saturated rings. The molecule has 336 valence electrons. The lowest BCUT2D eigenvalue weighted by molar-refractivity contribution is -0.274. The number of benzene rings is 4. The molecule has 64 heavy (non-hydrogen) atoms. The minimum Gasteiger partial charge on any atom is -0.484 e. The van der Waals surface area contributed by atoms with Crippen LogP contribution in [0.2, 0.25) is 0 Å². The number of hydrogen-bond donors (Lipinski definition) is 4. The van der Waals surface area contributed by atoms with Gasteiger partial charge in [-0.2, -0.15) is 0 Å². The first kappa shape index (κ1) is 45.9. The Hall–Kier alpha value is -6.11. The molecule has 4 aromatic carbocycles. The predicted octanol–water partition coefficient (Wildman–Crippen LogP) is 7.73. The smallest absolute Gasteiger partial charge is 0.484 e. The van der Waals surface area contributed by atoms with E-state index in [1.807, 2.05) is 74.5 Å². The van der Waals surface area contributed by atoms with Crippen molar-refractivity contribution in [3.05, 3.63) is 106 Å². The Labute approximate surface area is 377 Å². The summed E-state index contributed by atoms with van der Waals surface area (Å²) in [7, 11) is 0. The van der Waals surface area contributed by atoms with Crippen LogP contribution in [0.4, 0.5) is 36.4 Å². The largest absolute Gasteiger partial charge is 0.573 e. The highest BCUT2D eigenvalue weighted by atomic mass is 79.9. The van der Waals surface area contributed by atoms with Crippen molar-refractivity contribution in [3.63, 3.8) is 0 Å². The second kappa shape index (κ2) is 21.5. The maximum absolute atomic E-state index is 12.4. The van der Waals surface area contributed by atoms with Gasteiger partial charge in [-0.3, -0.25) is 9.59 Å². The van der Waals surface area contributed by atoms with Crippen LogP contribution in [-0.4, -0.2) is 97.1 Å². The van der Waals surface area contributed by atoms with Crippen LogP contribution in [-0.2, 0) is 16.0 Å². The van der Waals surface area contributed by atoms with E-state index in [0.717, 1.165) is 120 Å². The van der Waals surface area contributed by atoms with E-state index in [4.69, 9.17) is 19.7 Å². The monoisotopic (exact) mass is 942 g/mol. The summed E-state index contributed by atoms with van der Waals surface area (Å²) in [5.41, 5.74) is 5.51. The molecule has 2 aromatic heterocycles. The fraction of sp³-hybridized carbons (Fsp3) is 0.348. The third-order valence-corrected chi connectivity index (χ3v) is 11.1. The average Bonchev–Trinajstić information content (AvgIpc) is 3.73. The van der Waals surface area contributed by atoms with Crippen molar-refractivity contribution in [1.82, 2.24) is 30.6 Å². The summed E-state index contributed by atoms with van der Waals surface area (Å²) in [5, 5.41) is 14.3. The van der Waals surface area contributed by atoms with Crippen LogP contribution < -0.4 is 40.5 Å². The summed E-state index contributed by atoms with van der Waals surface area (Å²) in [6.45, 7) is 11.3. The van der Waals surface area contributed by atoms with Gasteiger partial charge in [-0.05, 0) is 125 Å². The SMILES string of the molecule is Cc1nc(N2CCCNCC2)nc2ccc(NC(=O)CCc3ccc(OC(F)(F)F)cc3)cc12.Cc1nc(N2CCCNCC2)nc2ccc(NC(=O)COc3ccc(Br)cc3)cc12. The van der Waals surface area contributed by atoms with Crippen molar-refractivity contribution in [3.8, 4) is 11.5 Å². The zero-order valence-electron chi connectivity index (χ0n) is 35.6. The number of fused-ring (bicyclic) bond motifs is 2. The molecular formula is C46H50BrF3N10O4. The second-order valence-electron chi connectivity index (χ2n) is 15.4. The molecule has 0 atom stereocenters. The first-order valence-corrected chi connectivity index (χ1v) is 22.0. The molecule has 0 aliphatic carbocycles. The summed E-state index contributed by atoms with van der Waals surface area (Å²) in [6.07, 6.45) is -2.03. The summed E-state index contributed by atoms with van der Waals surface area (Å²) in [6, 6.07) is 24.1. The Balaban J connectivity index is 0.000000193. The Bertz CT molecular complexity index is 2530. The Kier molecular flexibility index (Phi) is 15.4. The number of nitrogens with one attached hydrogen (secondary N) is 4. The van der Waals surface area contributed by atoms with E-state index in [1.165, 1.54) is 24.3 Å². The van der Waals surface area contributed by atoms with Crippen LogP contribution >= 0.6 is 15.9 Å². The van der Waals surface area contributed by atoms with Gasteiger partial charge < -0.3 is 40.5 Å². The van der Waals surface area contributed by atoms with Gasteiger partial charge in [0.2, 0.25) is 17.8 Å². The first-order valence-electron chi connectivity index (χ1n) is 21.2. The third-order valence-electron chi connectivity index (χ3n) is 10.5. The quantitative estimate of drug-likeness (QED) is 0.100. The third kappa shape index (κ3) is 13.2. The highest BCUT2D eigenvalue weighted by Gasteiger charge is 2.31. The zero-order chi connectivity index (χ0) is 45.1. The predicted molar refractivity (Wildman–Crippen MR) is 246 cm³/mol. The van der Waals surface area contributed by atoms with E-state index in [1.54, 1.807) is 0 Å². The molecular weight excluding hydrogens is 893 g/mol. The number of amides is 2. The van der Waals surface area contributed by atoms with Gasteiger partial charge in [-0.25, -0.2) is 19.9 Å². The van der Waals surface area contributed by atoms with E-state index in [0.29, 0.717) is 23.5 Å². The number of aryl methyl sites for hydroxylation is 3. The van der Waals surface area contributed by atoms with E-state index in [9.17, 15) is 22.8 Å². The summed E-state index contributed by atoms with van der Waals surface area (Å²) in [5.74, 6) is 1.43. The van der Waals surface area contributed by atoms with Gasteiger partial charge in [-0.1, -0.05) is 28.1 Å². The molecule has 4 N–H and O–H groups in total. The van der Waals surface area contributed by atoms with Gasteiger partial charge in [0.25, 0.3) is 5.91 Å². The van der Waals surface area contributed by atoms with E-state index >= 15 is 0 Å². The van der Waals surface area contributed by atoms with Crippen LogP contribution in [0.1, 0.15) is 36.2 Å². The fourth-order valence-electron chi connectivity index (χ4n) is 7.28.